The van der Waals surface area contributed by atoms with Gasteiger partial charge < -0.3 is 15.4 Å². The molecule has 0 aliphatic heterocycles. The van der Waals surface area contributed by atoms with Crippen LogP contribution >= 0.6 is 12.2 Å². The Morgan fingerprint density at radius 2 is 2.31 bits per heavy atom. The first-order chi connectivity index (χ1) is 7.65. The number of ether oxygens (including phenoxy) is 1. The standard InChI is InChI=1S/C11H17N3OS/c1-4-8(2)13-11(16)14-9-5-6-10(15-3)12-7-9/h5-8H,4H2,1-3H3,(H2,13,14,16)/t8-/m0/s1. The highest BCUT2D eigenvalue weighted by atomic mass is 32.1. The molecule has 0 aromatic carbocycles. The van der Waals surface area contributed by atoms with Gasteiger partial charge >= 0.3 is 0 Å². The maximum absolute atomic E-state index is 5.16. The van der Waals surface area contributed by atoms with Crippen LogP contribution in [-0.2, 0) is 0 Å². The molecule has 1 rings (SSSR count). The number of rotatable bonds is 4. The third-order valence-corrected chi connectivity index (χ3v) is 2.41. The molecule has 1 atom stereocenters. The fourth-order valence-electron chi connectivity index (χ4n) is 1.07. The van der Waals surface area contributed by atoms with Crippen LogP contribution in [-0.4, -0.2) is 23.2 Å². The third kappa shape index (κ3) is 4.02. The molecule has 4 nitrogen and oxygen atoms in total. The van der Waals surface area contributed by atoms with E-state index in [1.54, 1.807) is 19.4 Å². The van der Waals surface area contributed by atoms with Crippen LogP contribution in [0.15, 0.2) is 18.3 Å². The molecular formula is C11H17N3OS. The third-order valence-electron chi connectivity index (χ3n) is 2.19. The highest BCUT2D eigenvalue weighted by Crippen LogP contribution is 2.10. The molecule has 5 heteroatoms. The van der Waals surface area contributed by atoms with Crippen molar-refractivity contribution < 1.29 is 4.74 Å². The number of methoxy groups -OCH3 is 1. The zero-order chi connectivity index (χ0) is 12.0. The van der Waals surface area contributed by atoms with Crippen LogP contribution in [0.4, 0.5) is 5.69 Å². The Labute approximate surface area is 101 Å². The van der Waals surface area contributed by atoms with Crippen molar-refractivity contribution in [3.63, 3.8) is 0 Å². The first-order valence-corrected chi connectivity index (χ1v) is 5.64. The molecule has 0 amide bonds. The second-order valence-corrected chi connectivity index (χ2v) is 3.91. The predicted octanol–water partition coefficient (Wildman–Crippen LogP) is 2.18. The van der Waals surface area contributed by atoms with Gasteiger partial charge in [0.1, 0.15) is 0 Å². The number of anilines is 1. The molecule has 0 radical (unpaired) electrons. The highest BCUT2D eigenvalue weighted by molar-refractivity contribution is 7.80. The minimum absolute atomic E-state index is 0.367. The highest BCUT2D eigenvalue weighted by Gasteiger charge is 2.02. The van der Waals surface area contributed by atoms with Gasteiger partial charge in [-0.2, -0.15) is 0 Å². The number of pyridine rings is 1. The molecule has 0 saturated carbocycles. The number of nitrogens with zero attached hydrogens (tertiary/aromatic N) is 1. The van der Waals surface area contributed by atoms with Gasteiger partial charge in [0.25, 0.3) is 0 Å². The number of nitrogens with one attached hydrogen (secondary N) is 2. The van der Waals surface area contributed by atoms with Gasteiger partial charge in [-0.05, 0) is 31.6 Å². The van der Waals surface area contributed by atoms with Crippen molar-refractivity contribution in [1.29, 1.82) is 0 Å². The van der Waals surface area contributed by atoms with Gasteiger partial charge in [-0.1, -0.05) is 6.92 Å². The summed E-state index contributed by atoms with van der Waals surface area (Å²) in [7, 11) is 1.59. The summed E-state index contributed by atoms with van der Waals surface area (Å²) in [6.07, 6.45) is 2.71. The van der Waals surface area contributed by atoms with Crippen molar-refractivity contribution in [2.45, 2.75) is 26.3 Å². The second kappa shape index (κ2) is 6.27. The predicted molar refractivity (Wildman–Crippen MR) is 69.9 cm³/mol. The van der Waals surface area contributed by atoms with E-state index in [0.717, 1.165) is 12.1 Å². The van der Waals surface area contributed by atoms with Gasteiger partial charge in [0.15, 0.2) is 5.11 Å². The summed E-state index contributed by atoms with van der Waals surface area (Å²) in [6, 6.07) is 4.02. The van der Waals surface area contributed by atoms with Gasteiger partial charge in [-0.3, -0.25) is 0 Å². The average Bonchev–Trinajstić information content (AvgIpc) is 2.29. The maximum atomic E-state index is 5.16. The molecule has 0 aliphatic rings. The summed E-state index contributed by atoms with van der Waals surface area (Å²) in [5, 5.41) is 6.84. The molecule has 0 aliphatic carbocycles. The summed E-state index contributed by atoms with van der Waals surface area (Å²) in [5.41, 5.74) is 0.849. The lowest BCUT2D eigenvalue weighted by atomic mass is 10.3. The molecule has 0 unspecified atom stereocenters. The number of thiocarbonyl (C=S) groups is 1. The lowest BCUT2D eigenvalue weighted by Crippen LogP contribution is -2.35. The molecule has 1 aromatic rings. The fourth-order valence-corrected chi connectivity index (χ4v) is 1.39. The van der Waals surface area contributed by atoms with E-state index in [1.165, 1.54) is 0 Å². The fraction of sp³-hybridized carbons (Fsp3) is 0.455. The van der Waals surface area contributed by atoms with E-state index in [9.17, 15) is 0 Å². The molecule has 88 valence electrons. The molecule has 16 heavy (non-hydrogen) atoms. The molecule has 0 bridgehead atoms. The molecule has 0 fully saturated rings. The number of hydrogen-bond acceptors (Lipinski definition) is 3. The van der Waals surface area contributed by atoms with Crippen molar-refractivity contribution in [3.05, 3.63) is 18.3 Å². The van der Waals surface area contributed by atoms with E-state index < -0.39 is 0 Å². The van der Waals surface area contributed by atoms with Crippen LogP contribution in [0.3, 0.4) is 0 Å². The Bertz CT molecular complexity index is 340. The molecule has 0 saturated heterocycles. The Morgan fingerprint density at radius 1 is 1.56 bits per heavy atom. The van der Waals surface area contributed by atoms with Crippen molar-refractivity contribution in [1.82, 2.24) is 10.3 Å². The topological polar surface area (TPSA) is 46.2 Å². The van der Waals surface area contributed by atoms with Crippen LogP contribution in [0.5, 0.6) is 5.88 Å². The smallest absolute Gasteiger partial charge is 0.213 e. The molecule has 2 N–H and O–H groups in total. The zero-order valence-electron chi connectivity index (χ0n) is 9.78. The van der Waals surface area contributed by atoms with Crippen molar-refractivity contribution in [2.24, 2.45) is 0 Å². The van der Waals surface area contributed by atoms with Crippen molar-refractivity contribution in [3.8, 4) is 5.88 Å². The van der Waals surface area contributed by atoms with Crippen LogP contribution in [0, 0.1) is 0 Å². The average molecular weight is 239 g/mol. The Kier molecular flexibility index (Phi) is 4.98. The quantitative estimate of drug-likeness (QED) is 0.789. The Balaban J connectivity index is 2.49. The summed E-state index contributed by atoms with van der Waals surface area (Å²) in [4.78, 5) is 4.08. The molecule has 1 heterocycles. The summed E-state index contributed by atoms with van der Waals surface area (Å²) < 4.78 is 4.97. The molecule has 1 aromatic heterocycles. The van der Waals surface area contributed by atoms with Crippen LogP contribution in [0.25, 0.3) is 0 Å². The lowest BCUT2D eigenvalue weighted by molar-refractivity contribution is 0.398. The summed E-state index contributed by atoms with van der Waals surface area (Å²) in [6.45, 7) is 4.19. The van der Waals surface area contributed by atoms with Crippen LogP contribution in [0.1, 0.15) is 20.3 Å². The van der Waals surface area contributed by atoms with Gasteiger partial charge in [0, 0.05) is 12.1 Å². The first kappa shape index (κ1) is 12.7. The van der Waals surface area contributed by atoms with E-state index in [2.05, 4.69) is 29.5 Å². The van der Waals surface area contributed by atoms with E-state index in [1.807, 2.05) is 6.07 Å². The minimum Gasteiger partial charge on any atom is -0.481 e. The first-order valence-electron chi connectivity index (χ1n) is 5.23. The number of hydrogen-bond donors (Lipinski definition) is 2. The van der Waals surface area contributed by atoms with Crippen molar-refractivity contribution in [2.75, 3.05) is 12.4 Å². The number of aromatic nitrogens is 1. The lowest BCUT2D eigenvalue weighted by Gasteiger charge is -2.15. The molecular weight excluding hydrogens is 222 g/mol. The van der Waals surface area contributed by atoms with E-state index >= 15 is 0 Å². The maximum Gasteiger partial charge on any atom is 0.213 e. The largest absolute Gasteiger partial charge is 0.481 e. The van der Waals surface area contributed by atoms with E-state index in [4.69, 9.17) is 17.0 Å². The molecule has 0 spiro atoms. The SMILES string of the molecule is CC[C@H](C)NC(=S)Nc1ccc(OC)nc1. The van der Waals surface area contributed by atoms with Gasteiger partial charge in [0.2, 0.25) is 5.88 Å². The van der Waals surface area contributed by atoms with Gasteiger partial charge in [-0.25, -0.2) is 4.98 Å². The van der Waals surface area contributed by atoms with Crippen molar-refractivity contribution >= 4 is 23.0 Å². The Morgan fingerprint density at radius 3 is 2.81 bits per heavy atom. The normalized spacial score (nSPS) is 11.7. The minimum atomic E-state index is 0.367. The summed E-state index contributed by atoms with van der Waals surface area (Å²) in [5.74, 6) is 0.589. The second-order valence-electron chi connectivity index (χ2n) is 3.50. The van der Waals surface area contributed by atoms with Crippen LogP contribution in [0.2, 0.25) is 0 Å². The van der Waals surface area contributed by atoms with E-state index in [0.29, 0.717) is 17.0 Å². The Hall–Kier alpha value is -1.36. The van der Waals surface area contributed by atoms with E-state index in [-0.39, 0.29) is 0 Å². The monoisotopic (exact) mass is 239 g/mol. The van der Waals surface area contributed by atoms with Gasteiger partial charge in [0.05, 0.1) is 19.0 Å². The summed E-state index contributed by atoms with van der Waals surface area (Å²) >= 11 is 5.16. The van der Waals surface area contributed by atoms with Gasteiger partial charge in [-0.15, -0.1) is 0 Å². The zero-order valence-corrected chi connectivity index (χ0v) is 10.6. The van der Waals surface area contributed by atoms with Crippen LogP contribution < -0.4 is 15.4 Å².